The zero-order valence-electron chi connectivity index (χ0n) is 67.5. The minimum Gasteiger partial charge on any atom is -0.355 e. The highest BCUT2D eigenvalue weighted by Gasteiger charge is 2.37. The Kier molecular flexibility index (Phi) is 18.5. The number of nitrogens with one attached hydrogen (secondary N) is 1. The van der Waals surface area contributed by atoms with Crippen LogP contribution in [0.2, 0.25) is 0 Å². The number of benzene rings is 18. The third-order valence-electron chi connectivity index (χ3n) is 25.3. The minimum absolute atomic E-state index is 0. The minimum atomic E-state index is -0.0838. The van der Waals surface area contributed by atoms with Crippen LogP contribution in [-0.4, -0.2) is 18.3 Å². The first-order valence-electron chi connectivity index (χ1n) is 41.7. The smallest absolute Gasteiger partial charge is 0.0561 e. The molecule has 6 nitrogen and oxygen atoms in total. The molecule has 2 aliphatic rings. The van der Waals surface area contributed by atoms with Crippen LogP contribution in [0.25, 0.3) is 154 Å². The Morgan fingerprint density at radius 3 is 1.05 bits per heavy atom. The fourth-order valence-electron chi connectivity index (χ4n) is 19.6. The predicted molar refractivity (Wildman–Crippen MR) is 522 cm³/mol. The second kappa shape index (κ2) is 30.2. The van der Waals surface area contributed by atoms with E-state index >= 15 is 0 Å². The van der Waals surface area contributed by atoms with Gasteiger partial charge in [0.15, 0.2) is 0 Å². The van der Waals surface area contributed by atoms with Crippen molar-refractivity contribution in [2.45, 2.75) is 46.0 Å². The van der Waals surface area contributed by atoms with Gasteiger partial charge in [0, 0.05) is 110 Å². The predicted octanol–water partition coefficient (Wildman–Crippen LogP) is 32.0. The summed E-state index contributed by atoms with van der Waals surface area (Å²) in [6.45, 7) is 9.41. The molecule has 4 aromatic heterocycles. The van der Waals surface area contributed by atoms with Crippen LogP contribution in [0.3, 0.4) is 0 Å². The maximum Gasteiger partial charge on any atom is 0.0561 e. The van der Waals surface area contributed by atoms with E-state index in [1.165, 1.54) is 165 Å². The quantitative estimate of drug-likeness (QED) is 0.140. The van der Waals surface area contributed by atoms with Gasteiger partial charge in [-0.1, -0.05) is 318 Å². The molecule has 2 aliphatic carbocycles. The molecule has 0 bridgehead atoms. The molecule has 584 valence electrons. The molecule has 24 rings (SSSR count). The average molecular weight is 1630 g/mol. The molecule has 0 atom stereocenters. The fourth-order valence-corrected chi connectivity index (χ4v) is 20.0. The molecule has 1 N–H and O–H groups in total. The third-order valence-corrected chi connectivity index (χ3v) is 25.8. The lowest BCUT2D eigenvalue weighted by atomic mass is 9.82. The van der Waals surface area contributed by atoms with Gasteiger partial charge in [-0.2, -0.15) is 0 Å². The van der Waals surface area contributed by atoms with Crippen LogP contribution in [0.5, 0.6) is 0 Å². The summed E-state index contributed by atoms with van der Waals surface area (Å²) < 4.78 is 10.7. The van der Waals surface area contributed by atoms with Crippen molar-refractivity contribution in [2.75, 3.05) is 10.2 Å². The van der Waals surface area contributed by atoms with Crippen molar-refractivity contribution in [3.8, 4) is 67.3 Å². The van der Waals surface area contributed by atoms with Gasteiger partial charge in [0.25, 0.3) is 0 Å². The molecule has 18 aromatic carbocycles. The molecule has 0 unspecified atom stereocenters. The average Bonchev–Trinajstić information content (AvgIpc) is 1.54. The number of hydrogen-bond acceptors (Lipinski definition) is 2. The van der Waals surface area contributed by atoms with Gasteiger partial charge in [-0.05, 0) is 224 Å². The van der Waals surface area contributed by atoms with E-state index < -0.39 is 0 Å². The number of para-hydroxylation sites is 8. The Labute approximate surface area is 719 Å². The Balaban J connectivity index is 0.000000125. The molecule has 122 heavy (non-hydrogen) atoms. The molecule has 22 aromatic rings. The summed E-state index contributed by atoms with van der Waals surface area (Å²) in [5.41, 5.74) is 35.5. The normalized spacial score (nSPS) is 12.7. The second-order valence-electron chi connectivity index (χ2n) is 33.0. The van der Waals surface area contributed by atoms with Gasteiger partial charge in [-0.15, -0.1) is 0 Å². The van der Waals surface area contributed by atoms with Crippen molar-refractivity contribution in [3.05, 3.63) is 451 Å². The first-order valence-corrected chi connectivity index (χ1v) is 42.5. The van der Waals surface area contributed by atoms with Crippen molar-refractivity contribution in [1.82, 2.24) is 18.3 Å². The van der Waals surface area contributed by atoms with E-state index in [1.54, 1.807) is 0 Å². The van der Waals surface area contributed by atoms with Gasteiger partial charge in [0.05, 0.1) is 44.1 Å². The summed E-state index contributed by atoms with van der Waals surface area (Å²) in [5.74, 6) is 0. The van der Waals surface area contributed by atoms with Crippen LogP contribution in [0.4, 0.5) is 28.4 Å². The molecule has 0 aliphatic heterocycles. The largest absolute Gasteiger partial charge is 0.355 e. The van der Waals surface area contributed by atoms with E-state index in [2.05, 4.69) is 479 Å². The van der Waals surface area contributed by atoms with Gasteiger partial charge in [0.1, 0.15) is 0 Å². The number of rotatable bonds is 11. The van der Waals surface area contributed by atoms with E-state index in [0.29, 0.717) is 0 Å². The second-order valence-corrected chi connectivity index (χ2v) is 33.9. The van der Waals surface area contributed by atoms with E-state index in [1.807, 2.05) is 18.2 Å². The standard InChI is InChI=1S/C57H41N3.C33H24BrN.C24H18N2.CH4/c1-57(2)51-25-12-9-22-45(51)46-32-29-43(36-52(46)57)60-54-27-14-11-23-47(54)49-31-28-39(35-55(49)60)38-16-15-21-42(34-38)58(40-17-5-3-6-18-40)44-30-33-50-48-24-10-13-26-53(48)59(56(50)37-44)41-19-7-4-8-20-41;1-33(2)29-12-5-3-10-25(29)26-17-15-24(20-30(26)33)35-31-13-6-4-11-27(31)28-16-14-22(19-32(28)35)21-8-7-9-23(34)18-21;1-3-9-18(10-4-1)25-19-15-16-22-21-13-7-8-14-23(21)26(24(22)17-19)20-11-5-2-6-12-20;/h3-37H,1-2H3;3-20H,1-2H3;1-17,25H;1H4. The maximum absolute atomic E-state index is 3.63. The van der Waals surface area contributed by atoms with Crippen molar-refractivity contribution in [1.29, 1.82) is 0 Å². The molecule has 0 spiro atoms. The van der Waals surface area contributed by atoms with Crippen molar-refractivity contribution >= 4 is 132 Å². The van der Waals surface area contributed by atoms with Gasteiger partial charge in [-0.25, -0.2) is 0 Å². The Bertz CT molecular complexity index is 7820. The molecular weight excluding hydrogens is 1550 g/mol. The monoisotopic (exact) mass is 1630 g/mol. The third kappa shape index (κ3) is 12.6. The lowest BCUT2D eigenvalue weighted by Gasteiger charge is -2.26. The Hall–Kier alpha value is -14.8. The Morgan fingerprint density at radius 1 is 0.221 bits per heavy atom. The molecule has 4 heterocycles. The number of halogens is 1. The molecule has 0 fully saturated rings. The van der Waals surface area contributed by atoms with E-state index in [9.17, 15) is 0 Å². The number of aromatic nitrogens is 4. The number of anilines is 5. The molecule has 7 heteroatoms. The van der Waals surface area contributed by atoms with Crippen LogP contribution >= 0.6 is 15.9 Å². The molecule has 0 radical (unpaired) electrons. The maximum atomic E-state index is 3.63. The van der Waals surface area contributed by atoms with Gasteiger partial charge in [-0.3, -0.25) is 0 Å². The molecule has 0 saturated carbocycles. The highest BCUT2D eigenvalue weighted by Crippen LogP contribution is 2.53. The van der Waals surface area contributed by atoms with Crippen LogP contribution in [0.15, 0.2) is 429 Å². The summed E-state index contributed by atoms with van der Waals surface area (Å²) >= 11 is 3.63. The molecular formula is C115H87BrN6. The van der Waals surface area contributed by atoms with Crippen LogP contribution in [0, 0.1) is 0 Å². The fraction of sp³-hybridized carbons (Fsp3) is 0.0609. The number of fused-ring (bicyclic) bond motifs is 18. The SMILES string of the molecule is C.CC1(C)c2ccccc2-c2ccc(-n3c4ccccc4c4ccc(-c5cccc(Br)c5)cc43)cc21.CC1(C)c2ccccc2-c2ccc(-n3c4ccccc4c4ccc(-c5cccc(N(c6ccccc6)c6ccc7c8ccccc8n(-c8ccccc8)c7c6)c5)cc43)cc21.c1ccc(Nc2ccc3c4ccccc4n(-c4ccccc4)c3c2)cc1. The van der Waals surface area contributed by atoms with Crippen LogP contribution in [-0.2, 0) is 10.8 Å². The first-order chi connectivity index (χ1) is 59.4. The highest BCUT2D eigenvalue weighted by atomic mass is 79.9. The number of hydrogen-bond donors (Lipinski definition) is 1. The summed E-state index contributed by atoms with van der Waals surface area (Å²) in [4.78, 5) is 2.38. The van der Waals surface area contributed by atoms with E-state index in [0.717, 1.165) is 44.2 Å². The van der Waals surface area contributed by atoms with Gasteiger partial charge in [0.2, 0.25) is 0 Å². The van der Waals surface area contributed by atoms with E-state index in [4.69, 9.17) is 0 Å². The molecule has 0 saturated heterocycles. The summed E-state index contributed by atoms with van der Waals surface area (Å²) in [6.07, 6.45) is 0. The van der Waals surface area contributed by atoms with Gasteiger partial charge >= 0.3 is 0 Å². The lowest BCUT2D eigenvalue weighted by Crippen LogP contribution is -2.15. The summed E-state index contributed by atoms with van der Waals surface area (Å²) in [7, 11) is 0. The zero-order chi connectivity index (χ0) is 81.0. The van der Waals surface area contributed by atoms with E-state index in [-0.39, 0.29) is 18.3 Å². The zero-order valence-corrected chi connectivity index (χ0v) is 69.1. The number of nitrogens with zero attached hydrogens (tertiary/aromatic N) is 5. The molecule has 0 amide bonds. The van der Waals surface area contributed by atoms with Crippen molar-refractivity contribution in [3.63, 3.8) is 0 Å². The summed E-state index contributed by atoms with van der Waals surface area (Å²) in [5, 5.41) is 13.6. The van der Waals surface area contributed by atoms with Crippen LogP contribution < -0.4 is 10.2 Å². The topological polar surface area (TPSA) is 35.0 Å². The lowest BCUT2D eigenvalue weighted by molar-refractivity contribution is 0.660. The summed E-state index contributed by atoms with van der Waals surface area (Å²) in [6, 6.07) is 154. The highest BCUT2D eigenvalue weighted by molar-refractivity contribution is 9.10. The Morgan fingerprint density at radius 2 is 0.566 bits per heavy atom. The van der Waals surface area contributed by atoms with Gasteiger partial charge < -0.3 is 28.5 Å². The van der Waals surface area contributed by atoms with Crippen LogP contribution in [0.1, 0.15) is 57.4 Å². The first kappa shape index (κ1) is 74.8. The van der Waals surface area contributed by atoms with Crippen molar-refractivity contribution in [2.24, 2.45) is 0 Å². The van der Waals surface area contributed by atoms with Crippen molar-refractivity contribution < 1.29 is 0 Å².